The Labute approximate surface area is 154 Å². The van der Waals surface area contributed by atoms with Crippen molar-refractivity contribution in [1.82, 2.24) is 15.5 Å². The number of carbonyl (C=O) groups is 3. The normalized spacial score (nSPS) is 25.0. The number of hydrogen-bond acceptors (Lipinski definition) is 3. The maximum atomic E-state index is 12.6. The summed E-state index contributed by atoms with van der Waals surface area (Å²) in [7, 11) is 0. The zero-order valence-electron chi connectivity index (χ0n) is 13.4. The van der Waals surface area contributed by atoms with Gasteiger partial charge in [0, 0.05) is 19.5 Å². The van der Waals surface area contributed by atoms with Gasteiger partial charge in [-0.1, -0.05) is 23.2 Å². The molecule has 2 fully saturated rings. The summed E-state index contributed by atoms with van der Waals surface area (Å²) in [6.45, 7) is 0.972. The number of amides is 4. The molecule has 2 aliphatic heterocycles. The van der Waals surface area contributed by atoms with Crippen LogP contribution in [0.2, 0.25) is 10.0 Å². The monoisotopic (exact) mass is 381 g/mol. The van der Waals surface area contributed by atoms with E-state index in [0.29, 0.717) is 29.6 Å². The lowest BCUT2D eigenvalue weighted by atomic mass is 9.88. The van der Waals surface area contributed by atoms with Crippen molar-refractivity contribution in [2.45, 2.75) is 44.3 Å². The summed E-state index contributed by atoms with van der Waals surface area (Å²) < 4.78 is 0. The second-order valence-corrected chi connectivity index (χ2v) is 7.75. The van der Waals surface area contributed by atoms with Gasteiger partial charge in [0.15, 0.2) is 0 Å². The number of hydrogen-bond donors (Lipinski definition) is 2. The maximum absolute atomic E-state index is 12.6. The van der Waals surface area contributed by atoms with E-state index >= 15 is 0 Å². The summed E-state index contributed by atoms with van der Waals surface area (Å²) in [6, 6.07) is 3.12. The molecule has 1 unspecified atom stereocenters. The topological polar surface area (TPSA) is 78.5 Å². The van der Waals surface area contributed by atoms with Crippen LogP contribution in [0.4, 0.5) is 4.79 Å². The molecule has 2 N–H and O–H groups in total. The standard InChI is InChI=1S/C17H17Cl2N3O3/c18-12-5-9-7-22(8-10(9)6-13(12)19)14(23)3-4-17(11-1-2-11)15(24)20-16(25)21-17/h5-6,11H,1-4,7-8H2,(H2,20,21,24,25). The molecule has 0 bridgehead atoms. The van der Waals surface area contributed by atoms with Gasteiger partial charge in [-0.05, 0) is 48.4 Å². The Morgan fingerprint density at radius 1 is 1.16 bits per heavy atom. The minimum Gasteiger partial charge on any atom is -0.334 e. The second kappa shape index (κ2) is 5.88. The van der Waals surface area contributed by atoms with Crippen LogP contribution < -0.4 is 10.6 Å². The highest BCUT2D eigenvalue weighted by Crippen LogP contribution is 2.44. The number of halogens is 2. The minimum absolute atomic E-state index is 0.0441. The van der Waals surface area contributed by atoms with Crippen molar-refractivity contribution >= 4 is 41.0 Å². The van der Waals surface area contributed by atoms with Crippen LogP contribution in [-0.4, -0.2) is 28.3 Å². The van der Waals surface area contributed by atoms with E-state index in [2.05, 4.69) is 10.6 Å². The van der Waals surface area contributed by atoms with Crippen molar-refractivity contribution in [2.24, 2.45) is 5.92 Å². The average molecular weight is 382 g/mol. The third kappa shape index (κ3) is 2.87. The first-order chi connectivity index (χ1) is 11.9. The van der Waals surface area contributed by atoms with Crippen LogP contribution in [0.25, 0.3) is 0 Å². The molecule has 1 atom stereocenters. The smallest absolute Gasteiger partial charge is 0.322 e. The highest BCUT2D eigenvalue weighted by molar-refractivity contribution is 6.42. The predicted octanol–water partition coefficient (Wildman–Crippen LogP) is 2.60. The van der Waals surface area contributed by atoms with Crippen LogP contribution in [0, 0.1) is 5.92 Å². The first kappa shape index (κ1) is 16.7. The number of nitrogens with zero attached hydrogens (tertiary/aromatic N) is 1. The Morgan fingerprint density at radius 3 is 2.24 bits per heavy atom. The Morgan fingerprint density at radius 2 is 1.76 bits per heavy atom. The zero-order chi connectivity index (χ0) is 17.8. The summed E-state index contributed by atoms with van der Waals surface area (Å²) in [5.74, 6) is -0.228. The molecule has 2 heterocycles. The number of rotatable bonds is 4. The molecule has 1 aromatic rings. The zero-order valence-corrected chi connectivity index (χ0v) is 14.9. The molecule has 1 aromatic carbocycles. The van der Waals surface area contributed by atoms with E-state index in [4.69, 9.17) is 23.2 Å². The summed E-state index contributed by atoms with van der Waals surface area (Å²) in [4.78, 5) is 38.1. The predicted molar refractivity (Wildman–Crippen MR) is 92.1 cm³/mol. The fourth-order valence-electron chi connectivity index (χ4n) is 3.78. The van der Waals surface area contributed by atoms with Gasteiger partial charge in [-0.15, -0.1) is 0 Å². The van der Waals surface area contributed by atoms with E-state index in [9.17, 15) is 14.4 Å². The van der Waals surface area contributed by atoms with E-state index in [1.807, 2.05) is 0 Å². The van der Waals surface area contributed by atoms with E-state index in [1.54, 1.807) is 17.0 Å². The van der Waals surface area contributed by atoms with Gasteiger partial charge in [0.2, 0.25) is 5.91 Å². The Hall–Kier alpha value is -1.79. The molecule has 0 radical (unpaired) electrons. The summed E-state index contributed by atoms with van der Waals surface area (Å²) in [5.41, 5.74) is 1.06. The molecule has 0 aromatic heterocycles. The Bertz CT molecular complexity index is 763. The SMILES string of the molecule is O=C1NC(=O)C(CCC(=O)N2Cc3cc(Cl)c(Cl)cc3C2)(C2CC2)N1. The van der Waals surface area contributed by atoms with Crippen LogP contribution in [0.15, 0.2) is 12.1 Å². The molecule has 25 heavy (non-hydrogen) atoms. The van der Waals surface area contributed by atoms with E-state index < -0.39 is 11.6 Å². The van der Waals surface area contributed by atoms with Gasteiger partial charge >= 0.3 is 6.03 Å². The summed E-state index contributed by atoms with van der Waals surface area (Å²) in [5, 5.41) is 6.02. The Kier molecular flexibility index (Phi) is 3.92. The van der Waals surface area contributed by atoms with Gasteiger partial charge in [0.05, 0.1) is 10.0 Å². The molecule has 8 heteroatoms. The van der Waals surface area contributed by atoms with Crippen LogP contribution in [0.3, 0.4) is 0 Å². The van der Waals surface area contributed by atoms with Crippen LogP contribution >= 0.6 is 23.2 Å². The maximum Gasteiger partial charge on any atom is 0.322 e. The van der Waals surface area contributed by atoms with Gasteiger partial charge in [-0.2, -0.15) is 0 Å². The molecule has 132 valence electrons. The number of imide groups is 1. The summed E-state index contributed by atoms with van der Waals surface area (Å²) >= 11 is 12.1. The lowest BCUT2D eigenvalue weighted by Gasteiger charge is -2.26. The fraction of sp³-hybridized carbons (Fsp3) is 0.471. The minimum atomic E-state index is -0.925. The van der Waals surface area contributed by atoms with Crippen molar-refractivity contribution in [3.05, 3.63) is 33.3 Å². The van der Waals surface area contributed by atoms with Crippen molar-refractivity contribution in [1.29, 1.82) is 0 Å². The molecular formula is C17H17Cl2N3O3. The number of carbonyl (C=O) groups excluding carboxylic acids is 3. The van der Waals surface area contributed by atoms with Crippen LogP contribution in [0.1, 0.15) is 36.8 Å². The van der Waals surface area contributed by atoms with E-state index in [0.717, 1.165) is 24.0 Å². The number of fused-ring (bicyclic) bond motifs is 1. The lowest BCUT2D eigenvalue weighted by Crippen LogP contribution is -2.49. The first-order valence-electron chi connectivity index (χ1n) is 8.27. The molecule has 4 rings (SSSR count). The van der Waals surface area contributed by atoms with E-state index in [-0.39, 0.29) is 24.2 Å². The van der Waals surface area contributed by atoms with Gasteiger partial charge in [-0.25, -0.2) is 4.79 Å². The molecule has 4 amide bonds. The van der Waals surface area contributed by atoms with Crippen molar-refractivity contribution in [2.75, 3.05) is 0 Å². The van der Waals surface area contributed by atoms with Crippen LogP contribution in [0.5, 0.6) is 0 Å². The molecule has 1 saturated heterocycles. The number of urea groups is 1. The molecule has 1 saturated carbocycles. The lowest BCUT2D eigenvalue weighted by molar-refractivity contribution is -0.133. The highest BCUT2D eigenvalue weighted by Gasteiger charge is 2.55. The van der Waals surface area contributed by atoms with Gasteiger partial charge in [0.25, 0.3) is 5.91 Å². The number of nitrogens with one attached hydrogen (secondary N) is 2. The van der Waals surface area contributed by atoms with Gasteiger partial charge in [-0.3, -0.25) is 14.9 Å². The van der Waals surface area contributed by atoms with Gasteiger partial charge < -0.3 is 10.2 Å². The average Bonchev–Trinajstić information content (AvgIpc) is 3.27. The number of benzene rings is 1. The fourth-order valence-corrected chi connectivity index (χ4v) is 4.15. The van der Waals surface area contributed by atoms with E-state index in [1.165, 1.54) is 0 Å². The highest BCUT2D eigenvalue weighted by atomic mass is 35.5. The molecule has 0 spiro atoms. The second-order valence-electron chi connectivity index (χ2n) is 6.94. The quantitative estimate of drug-likeness (QED) is 0.786. The molecule has 6 nitrogen and oxygen atoms in total. The van der Waals surface area contributed by atoms with Crippen LogP contribution in [-0.2, 0) is 22.7 Å². The third-order valence-corrected chi connectivity index (χ3v) is 6.02. The van der Waals surface area contributed by atoms with Crippen molar-refractivity contribution in [3.63, 3.8) is 0 Å². The first-order valence-corrected chi connectivity index (χ1v) is 9.03. The Balaban J connectivity index is 1.43. The van der Waals surface area contributed by atoms with Gasteiger partial charge in [0.1, 0.15) is 5.54 Å². The molecule has 1 aliphatic carbocycles. The molecule has 3 aliphatic rings. The van der Waals surface area contributed by atoms with Crippen molar-refractivity contribution < 1.29 is 14.4 Å². The third-order valence-electron chi connectivity index (χ3n) is 5.29. The van der Waals surface area contributed by atoms with Crippen molar-refractivity contribution in [3.8, 4) is 0 Å². The molecular weight excluding hydrogens is 365 g/mol. The largest absolute Gasteiger partial charge is 0.334 e. The summed E-state index contributed by atoms with van der Waals surface area (Å²) in [6.07, 6.45) is 2.32.